The molecule has 0 radical (unpaired) electrons. The molecule has 2 amide bonds. The van der Waals surface area contributed by atoms with E-state index >= 15 is 0 Å². The average Bonchev–Trinajstić information content (AvgIpc) is 3.02. The van der Waals surface area contributed by atoms with E-state index in [2.05, 4.69) is 0 Å². The number of sulfone groups is 1. The molecular formula is C29H27FN2O6S. The summed E-state index contributed by atoms with van der Waals surface area (Å²) >= 11 is 0. The van der Waals surface area contributed by atoms with E-state index in [0.717, 1.165) is 0 Å². The van der Waals surface area contributed by atoms with Crippen molar-refractivity contribution in [1.29, 1.82) is 0 Å². The van der Waals surface area contributed by atoms with Crippen LogP contribution in [0.2, 0.25) is 0 Å². The first kappa shape index (κ1) is 26.6. The first-order chi connectivity index (χ1) is 18.7. The molecule has 2 aliphatic rings. The highest BCUT2D eigenvalue weighted by molar-refractivity contribution is 7.91. The smallest absolute Gasteiger partial charge is 0.310 e. The van der Waals surface area contributed by atoms with E-state index in [9.17, 15) is 27.2 Å². The van der Waals surface area contributed by atoms with Crippen molar-refractivity contribution < 1.29 is 31.9 Å². The van der Waals surface area contributed by atoms with E-state index in [-0.39, 0.29) is 58.2 Å². The number of halogens is 1. The topological polar surface area (TPSA) is 101 Å². The Morgan fingerprint density at radius 1 is 1.03 bits per heavy atom. The van der Waals surface area contributed by atoms with Gasteiger partial charge in [0.25, 0.3) is 11.8 Å². The number of nitrogens with zero attached hydrogens (tertiary/aromatic N) is 2. The van der Waals surface area contributed by atoms with Crippen LogP contribution >= 0.6 is 0 Å². The van der Waals surface area contributed by atoms with Gasteiger partial charge in [0.2, 0.25) is 9.84 Å². The number of esters is 1. The molecule has 1 saturated heterocycles. The van der Waals surface area contributed by atoms with Gasteiger partial charge >= 0.3 is 5.97 Å². The van der Waals surface area contributed by atoms with Gasteiger partial charge in [-0.1, -0.05) is 24.3 Å². The lowest BCUT2D eigenvalue weighted by molar-refractivity contribution is -0.149. The summed E-state index contributed by atoms with van der Waals surface area (Å²) in [6.45, 7) is 2.57. The molecule has 0 spiro atoms. The molecule has 1 fully saturated rings. The summed E-state index contributed by atoms with van der Waals surface area (Å²) in [4.78, 5) is 42.2. The van der Waals surface area contributed by atoms with Gasteiger partial charge in [0.1, 0.15) is 5.82 Å². The first-order valence-electron chi connectivity index (χ1n) is 12.7. The van der Waals surface area contributed by atoms with E-state index in [1.807, 2.05) is 0 Å². The molecular weight excluding hydrogens is 523 g/mol. The number of likely N-dealkylation sites (tertiary alicyclic amines) is 1. The van der Waals surface area contributed by atoms with Gasteiger partial charge in [0.05, 0.1) is 40.1 Å². The highest BCUT2D eigenvalue weighted by Gasteiger charge is 2.37. The summed E-state index contributed by atoms with van der Waals surface area (Å²) in [5, 5.41) is 0. The largest absolute Gasteiger partial charge is 0.466 e. The van der Waals surface area contributed by atoms with Crippen molar-refractivity contribution in [2.24, 2.45) is 5.92 Å². The van der Waals surface area contributed by atoms with Crippen LogP contribution in [0.1, 0.15) is 46.0 Å². The Morgan fingerprint density at radius 2 is 1.77 bits per heavy atom. The summed E-state index contributed by atoms with van der Waals surface area (Å²) in [6, 6.07) is 15.7. The molecule has 8 nitrogen and oxygen atoms in total. The van der Waals surface area contributed by atoms with Crippen molar-refractivity contribution in [3.8, 4) is 0 Å². The third-order valence-electron chi connectivity index (χ3n) is 7.02. The molecule has 0 bridgehead atoms. The molecule has 3 aromatic rings. The zero-order valence-electron chi connectivity index (χ0n) is 21.3. The highest BCUT2D eigenvalue weighted by atomic mass is 32.2. The second-order valence-electron chi connectivity index (χ2n) is 9.54. The number of piperidine rings is 1. The first-order valence-corrected chi connectivity index (χ1v) is 14.2. The molecule has 5 rings (SSSR count). The van der Waals surface area contributed by atoms with Crippen molar-refractivity contribution in [1.82, 2.24) is 4.90 Å². The lowest BCUT2D eigenvalue weighted by Crippen LogP contribution is -2.43. The van der Waals surface area contributed by atoms with Gasteiger partial charge in [-0.3, -0.25) is 14.4 Å². The summed E-state index contributed by atoms with van der Waals surface area (Å²) < 4.78 is 46.1. The lowest BCUT2D eigenvalue weighted by Gasteiger charge is -2.32. The molecule has 0 N–H and O–H groups in total. The number of rotatable bonds is 5. The minimum absolute atomic E-state index is 0.0111. The number of carbonyl (C=O) groups excluding carboxylic acids is 3. The number of fused-ring (bicyclic) bond motifs is 2. The Balaban J connectivity index is 1.57. The number of anilines is 1. The molecule has 0 aromatic heterocycles. The van der Waals surface area contributed by atoms with Gasteiger partial charge in [-0.05, 0) is 67.8 Å². The second kappa shape index (κ2) is 10.6. The van der Waals surface area contributed by atoms with Crippen LogP contribution in [0.5, 0.6) is 0 Å². The van der Waals surface area contributed by atoms with Crippen molar-refractivity contribution in [3.63, 3.8) is 0 Å². The summed E-state index contributed by atoms with van der Waals surface area (Å²) in [7, 11) is -4.10. The van der Waals surface area contributed by atoms with Gasteiger partial charge < -0.3 is 14.5 Å². The second-order valence-corrected chi connectivity index (χ2v) is 11.4. The third-order valence-corrected chi connectivity index (χ3v) is 8.88. The van der Waals surface area contributed by atoms with Crippen molar-refractivity contribution in [3.05, 3.63) is 89.2 Å². The minimum Gasteiger partial charge on any atom is -0.466 e. The van der Waals surface area contributed by atoms with Crippen LogP contribution in [0.4, 0.5) is 10.1 Å². The molecule has 202 valence electrons. The molecule has 1 atom stereocenters. The maximum atomic E-state index is 13.8. The van der Waals surface area contributed by atoms with Gasteiger partial charge in [0, 0.05) is 18.7 Å². The average molecular weight is 551 g/mol. The van der Waals surface area contributed by atoms with Crippen LogP contribution in [0.25, 0.3) is 0 Å². The normalized spacial score (nSPS) is 18.1. The van der Waals surface area contributed by atoms with E-state index < -0.39 is 27.5 Å². The molecule has 0 saturated carbocycles. The molecule has 39 heavy (non-hydrogen) atoms. The fourth-order valence-corrected chi connectivity index (χ4v) is 6.70. The fraction of sp³-hybridized carbons (Fsp3) is 0.276. The fourth-order valence-electron chi connectivity index (χ4n) is 5.07. The molecule has 1 unspecified atom stereocenters. The van der Waals surface area contributed by atoms with Crippen molar-refractivity contribution in [2.45, 2.75) is 36.1 Å². The van der Waals surface area contributed by atoms with Crippen LogP contribution in [0.3, 0.4) is 0 Å². The standard InChI is InChI=1S/C29H27FN2O6S/c1-2-38-29(35)21-6-5-15-31(18-21)27(33)20-11-14-26-24(16-20)32(17-19-9-12-22(30)13-10-19)28(34)23-7-3-4-8-25(23)39(26,36)37/h3-4,7-14,16,21H,2,5-6,15,17-18H2,1H3. The minimum atomic E-state index is -4.10. The number of ether oxygens (including phenoxy) is 1. The summed E-state index contributed by atoms with van der Waals surface area (Å²) in [5.74, 6) is -2.15. The predicted molar refractivity (Wildman–Crippen MR) is 141 cm³/mol. The van der Waals surface area contributed by atoms with Crippen LogP contribution in [-0.2, 0) is 25.9 Å². The van der Waals surface area contributed by atoms with E-state index in [1.165, 1.54) is 59.5 Å². The van der Waals surface area contributed by atoms with Gasteiger partial charge in [-0.25, -0.2) is 12.8 Å². The molecule has 10 heteroatoms. The van der Waals surface area contributed by atoms with E-state index in [4.69, 9.17) is 4.74 Å². The summed E-state index contributed by atoms with van der Waals surface area (Å²) in [6.07, 6.45) is 1.24. The maximum Gasteiger partial charge on any atom is 0.310 e. The van der Waals surface area contributed by atoms with Gasteiger partial charge in [-0.2, -0.15) is 0 Å². The summed E-state index contributed by atoms with van der Waals surface area (Å²) in [5.41, 5.74) is 0.844. The van der Waals surface area contributed by atoms with Crippen LogP contribution in [0, 0.1) is 11.7 Å². The zero-order valence-corrected chi connectivity index (χ0v) is 22.1. The van der Waals surface area contributed by atoms with E-state index in [0.29, 0.717) is 24.9 Å². The Morgan fingerprint density at radius 3 is 2.51 bits per heavy atom. The Kier molecular flexibility index (Phi) is 7.22. The van der Waals surface area contributed by atoms with E-state index in [1.54, 1.807) is 24.0 Å². The van der Waals surface area contributed by atoms with Gasteiger partial charge in [-0.15, -0.1) is 0 Å². The number of hydrogen-bond donors (Lipinski definition) is 0. The van der Waals surface area contributed by atoms with Crippen LogP contribution < -0.4 is 4.90 Å². The lowest BCUT2D eigenvalue weighted by atomic mass is 9.97. The van der Waals surface area contributed by atoms with Gasteiger partial charge in [0.15, 0.2) is 0 Å². The highest BCUT2D eigenvalue weighted by Crippen LogP contribution is 2.38. The molecule has 2 aliphatic heterocycles. The number of benzene rings is 3. The predicted octanol–water partition coefficient (Wildman–Crippen LogP) is 4.23. The van der Waals surface area contributed by atoms with Crippen LogP contribution in [-0.4, -0.2) is 50.8 Å². The Labute approximate surface area is 225 Å². The quantitative estimate of drug-likeness (QED) is 0.441. The third kappa shape index (κ3) is 5.04. The number of amides is 2. The van der Waals surface area contributed by atoms with Crippen molar-refractivity contribution >= 4 is 33.3 Å². The molecule has 2 heterocycles. The molecule has 3 aromatic carbocycles. The van der Waals surface area contributed by atoms with Crippen molar-refractivity contribution in [2.75, 3.05) is 24.6 Å². The zero-order chi connectivity index (χ0) is 27.7. The SMILES string of the molecule is CCOC(=O)C1CCCN(C(=O)c2ccc3c(c2)N(Cc2ccc(F)cc2)C(=O)c2ccccc2S3(=O)=O)C1. The number of hydrogen-bond acceptors (Lipinski definition) is 6. The Bertz CT molecular complexity index is 1550. The maximum absolute atomic E-state index is 13.8. The molecule has 0 aliphatic carbocycles. The monoisotopic (exact) mass is 550 g/mol. The van der Waals surface area contributed by atoms with Crippen LogP contribution in [0.15, 0.2) is 76.5 Å². The Hall–Kier alpha value is -4.05. The number of carbonyl (C=O) groups is 3.